The SMILES string of the molecule is N#Cc1c(-c2[nH]nc3ncc(Cl)cc23)nc(NC2C3CCC(CC3)C2C(=O)O)c(F)c1C1CC1. The minimum atomic E-state index is -0.858. The Morgan fingerprint density at radius 1 is 1.24 bits per heavy atom. The topological polar surface area (TPSA) is 128 Å². The number of aromatic nitrogens is 4. The maximum absolute atomic E-state index is 15.9. The number of halogens is 2. The van der Waals surface area contributed by atoms with Crippen LogP contribution >= 0.6 is 11.6 Å². The molecule has 8 nitrogen and oxygen atoms in total. The maximum Gasteiger partial charge on any atom is 0.308 e. The molecule has 2 unspecified atom stereocenters. The van der Waals surface area contributed by atoms with Gasteiger partial charge in [0.15, 0.2) is 17.3 Å². The van der Waals surface area contributed by atoms with Crippen LogP contribution in [-0.2, 0) is 4.79 Å². The molecule has 0 amide bonds. The molecule has 7 rings (SSSR count). The molecule has 4 saturated carbocycles. The number of rotatable bonds is 5. The van der Waals surface area contributed by atoms with Crippen LogP contribution in [0.1, 0.15) is 55.6 Å². The van der Waals surface area contributed by atoms with Crippen LogP contribution in [-0.4, -0.2) is 37.3 Å². The second-order valence-corrected chi connectivity index (χ2v) is 10.1. The highest BCUT2D eigenvalue weighted by Crippen LogP contribution is 2.49. The normalized spacial score (nSPS) is 25.9. The van der Waals surface area contributed by atoms with Gasteiger partial charge >= 0.3 is 5.97 Å². The fraction of sp³-hybridized carbons (Fsp3) is 0.458. The quantitative estimate of drug-likeness (QED) is 0.475. The molecule has 3 aromatic heterocycles. The van der Waals surface area contributed by atoms with E-state index in [1.165, 1.54) is 6.20 Å². The number of anilines is 1. The Balaban J connectivity index is 1.51. The van der Waals surface area contributed by atoms with Crippen LogP contribution in [0.5, 0.6) is 0 Å². The van der Waals surface area contributed by atoms with E-state index in [-0.39, 0.29) is 34.8 Å². The van der Waals surface area contributed by atoms with Crippen LogP contribution in [0.2, 0.25) is 5.02 Å². The summed E-state index contributed by atoms with van der Waals surface area (Å²) < 4.78 is 15.9. The molecule has 2 atom stereocenters. The molecule has 4 fully saturated rings. The summed E-state index contributed by atoms with van der Waals surface area (Å²) in [5.41, 5.74) is 1.61. The van der Waals surface area contributed by atoms with Crippen LogP contribution in [0.15, 0.2) is 12.3 Å². The van der Waals surface area contributed by atoms with Gasteiger partial charge in [-0.15, -0.1) is 0 Å². The van der Waals surface area contributed by atoms with E-state index in [2.05, 4.69) is 31.6 Å². The lowest BCUT2D eigenvalue weighted by atomic mass is 9.61. The largest absolute Gasteiger partial charge is 0.481 e. The minimum Gasteiger partial charge on any atom is -0.481 e. The third kappa shape index (κ3) is 3.31. The van der Waals surface area contributed by atoms with Crippen LogP contribution in [0.25, 0.3) is 22.4 Å². The molecular weight excluding hydrogens is 459 g/mol. The van der Waals surface area contributed by atoms with Gasteiger partial charge in [-0.1, -0.05) is 11.6 Å². The smallest absolute Gasteiger partial charge is 0.308 e. The summed E-state index contributed by atoms with van der Waals surface area (Å²) in [7, 11) is 0. The van der Waals surface area contributed by atoms with Crippen molar-refractivity contribution < 1.29 is 14.3 Å². The molecule has 0 saturated heterocycles. The summed E-state index contributed by atoms with van der Waals surface area (Å²) in [6, 6.07) is 3.43. The second kappa shape index (κ2) is 7.91. The van der Waals surface area contributed by atoms with E-state index >= 15 is 4.39 Å². The Bertz CT molecular complexity index is 1360. The van der Waals surface area contributed by atoms with Crippen molar-refractivity contribution in [1.82, 2.24) is 20.2 Å². The molecule has 10 heteroatoms. The number of pyridine rings is 2. The number of nitrogens with zero attached hydrogens (tertiary/aromatic N) is 4. The Kier molecular flexibility index (Phi) is 4.96. The van der Waals surface area contributed by atoms with Gasteiger partial charge in [-0.3, -0.25) is 9.89 Å². The first-order chi connectivity index (χ1) is 16.5. The van der Waals surface area contributed by atoms with E-state index in [0.29, 0.717) is 27.3 Å². The Hall–Kier alpha value is -3.25. The van der Waals surface area contributed by atoms with Crippen molar-refractivity contribution in [1.29, 1.82) is 5.26 Å². The van der Waals surface area contributed by atoms with Gasteiger partial charge in [0.2, 0.25) is 0 Å². The number of carboxylic acid groups (broad SMARTS) is 1. The summed E-state index contributed by atoms with van der Waals surface area (Å²) in [4.78, 5) is 20.9. The monoisotopic (exact) mass is 480 g/mol. The number of fused-ring (bicyclic) bond motifs is 4. The zero-order valence-corrected chi connectivity index (χ0v) is 18.9. The molecule has 0 aliphatic heterocycles. The van der Waals surface area contributed by atoms with Crippen molar-refractivity contribution in [3.8, 4) is 17.5 Å². The van der Waals surface area contributed by atoms with E-state index < -0.39 is 23.7 Å². The summed E-state index contributed by atoms with van der Waals surface area (Å²) in [5.74, 6) is -1.85. The highest BCUT2D eigenvalue weighted by atomic mass is 35.5. The van der Waals surface area contributed by atoms with Crippen LogP contribution < -0.4 is 5.32 Å². The molecule has 2 bridgehead atoms. The fourth-order valence-corrected chi connectivity index (χ4v) is 6.11. The predicted molar refractivity (Wildman–Crippen MR) is 123 cm³/mol. The molecule has 3 heterocycles. The van der Waals surface area contributed by atoms with Crippen molar-refractivity contribution in [3.63, 3.8) is 0 Å². The first-order valence-electron chi connectivity index (χ1n) is 11.6. The zero-order valence-electron chi connectivity index (χ0n) is 18.2. The van der Waals surface area contributed by atoms with Gasteiger partial charge in [-0.25, -0.2) is 14.4 Å². The number of H-pyrrole nitrogens is 1. The third-order valence-electron chi connectivity index (χ3n) is 7.69. The molecule has 34 heavy (non-hydrogen) atoms. The molecule has 3 N–H and O–H groups in total. The number of nitrogens with one attached hydrogen (secondary N) is 2. The number of hydrogen-bond acceptors (Lipinski definition) is 6. The first kappa shape index (κ1) is 21.3. The van der Waals surface area contributed by atoms with Gasteiger partial charge < -0.3 is 10.4 Å². The first-order valence-corrected chi connectivity index (χ1v) is 12.0. The van der Waals surface area contributed by atoms with Gasteiger partial charge in [0.1, 0.15) is 11.8 Å². The lowest BCUT2D eigenvalue weighted by molar-refractivity contribution is -0.148. The third-order valence-corrected chi connectivity index (χ3v) is 7.90. The van der Waals surface area contributed by atoms with Crippen molar-refractivity contribution in [2.24, 2.45) is 17.8 Å². The van der Waals surface area contributed by atoms with E-state index in [4.69, 9.17) is 11.6 Å². The second-order valence-electron chi connectivity index (χ2n) is 9.63. The molecule has 0 spiro atoms. The van der Waals surface area contributed by atoms with E-state index in [1.807, 2.05) is 0 Å². The number of carboxylic acids is 1. The summed E-state index contributed by atoms with van der Waals surface area (Å²) >= 11 is 6.15. The number of aromatic amines is 1. The Labute approximate surface area is 199 Å². The van der Waals surface area contributed by atoms with Crippen LogP contribution in [0.4, 0.5) is 10.2 Å². The lowest BCUT2D eigenvalue weighted by Crippen LogP contribution is -2.51. The Morgan fingerprint density at radius 3 is 2.65 bits per heavy atom. The minimum absolute atomic E-state index is 0.00237. The lowest BCUT2D eigenvalue weighted by Gasteiger charge is -2.47. The molecule has 4 aliphatic rings. The number of carbonyl (C=O) groups is 1. The molecule has 4 aliphatic carbocycles. The van der Waals surface area contributed by atoms with Crippen molar-refractivity contribution in [2.45, 2.75) is 50.5 Å². The van der Waals surface area contributed by atoms with Crippen LogP contribution in [0, 0.1) is 34.9 Å². The molecule has 3 aromatic rings. The Morgan fingerprint density at radius 2 is 1.97 bits per heavy atom. The summed E-state index contributed by atoms with van der Waals surface area (Å²) in [6.45, 7) is 0. The molecule has 174 valence electrons. The van der Waals surface area contributed by atoms with Crippen molar-refractivity contribution in [2.75, 3.05) is 5.32 Å². The van der Waals surface area contributed by atoms with Gasteiger partial charge in [-0.05, 0) is 62.3 Å². The summed E-state index contributed by atoms with van der Waals surface area (Å²) in [5, 5.41) is 31.2. The fourth-order valence-electron chi connectivity index (χ4n) is 5.95. The van der Waals surface area contributed by atoms with Crippen molar-refractivity contribution in [3.05, 3.63) is 34.2 Å². The molecule has 0 aromatic carbocycles. The highest BCUT2D eigenvalue weighted by Gasteiger charge is 2.48. The molecular formula is C24H22ClFN6O2. The zero-order chi connectivity index (χ0) is 23.6. The van der Waals surface area contributed by atoms with Gasteiger partial charge in [0.05, 0.1) is 22.2 Å². The van der Waals surface area contributed by atoms with E-state index in [1.54, 1.807) is 6.07 Å². The number of nitriles is 1. The average Bonchev–Trinajstić information content (AvgIpc) is 3.59. The molecule has 0 radical (unpaired) electrons. The van der Waals surface area contributed by atoms with Crippen molar-refractivity contribution >= 4 is 34.4 Å². The standard InChI is InChI=1S/C24H22ClFN6O2/c25-13-7-14-21(31-32-22(14)28-9-13)20-15(8-27)16(10-1-2-10)18(26)23(30-20)29-19-12-5-3-11(4-6-12)17(19)24(33)34/h7,9-12,17,19H,1-6H2,(H,29,30)(H,33,34)(H,28,31,32). The van der Waals surface area contributed by atoms with Gasteiger partial charge in [-0.2, -0.15) is 10.4 Å². The van der Waals surface area contributed by atoms with E-state index in [0.717, 1.165) is 38.5 Å². The average molecular weight is 481 g/mol. The number of aliphatic carboxylic acids is 1. The van der Waals surface area contributed by atoms with E-state index in [9.17, 15) is 15.2 Å². The van der Waals surface area contributed by atoms with Gasteiger partial charge in [0, 0.05) is 23.2 Å². The van der Waals surface area contributed by atoms with Crippen LogP contribution in [0.3, 0.4) is 0 Å². The highest BCUT2D eigenvalue weighted by molar-refractivity contribution is 6.31. The number of hydrogen-bond donors (Lipinski definition) is 3. The summed E-state index contributed by atoms with van der Waals surface area (Å²) in [6.07, 6.45) is 6.66. The van der Waals surface area contributed by atoms with Gasteiger partial charge in [0.25, 0.3) is 0 Å². The maximum atomic E-state index is 15.9. The predicted octanol–water partition coefficient (Wildman–Crippen LogP) is 4.86.